The molecule has 0 spiro atoms. The number of carbonyl (C=O) groups excluding carboxylic acids is 1. The number of nitrogens with zero attached hydrogens (tertiary/aromatic N) is 3. The molecule has 2 aromatic heterocycles. The second-order valence-electron chi connectivity index (χ2n) is 5.94. The molecule has 0 aliphatic carbocycles. The lowest BCUT2D eigenvalue weighted by Gasteiger charge is -2.11. The van der Waals surface area contributed by atoms with Crippen LogP contribution in [-0.4, -0.2) is 20.3 Å². The minimum atomic E-state index is -0.895. The predicted octanol–water partition coefficient (Wildman–Crippen LogP) is 4.33. The minimum absolute atomic E-state index is 0.129. The molecule has 0 aliphatic heterocycles. The van der Waals surface area contributed by atoms with Crippen LogP contribution in [0.3, 0.4) is 0 Å². The highest BCUT2D eigenvalue weighted by atomic mass is 19.1. The number of aromatic nitrogens is 3. The number of hydrogen-bond acceptors (Lipinski definition) is 2. The Kier molecular flexibility index (Phi) is 4.44. The molecule has 0 fully saturated rings. The standard InChI is InChI=1S/C20H13F3N4O/c21-13-4-3-5-15(10-13)27-20(26-8-1-2-9-26)16(12-24-27)19(28)25-18-7-6-14(22)11-17(18)23/h1-12H,(H,25,28). The second-order valence-corrected chi connectivity index (χ2v) is 5.94. The van der Waals surface area contributed by atoms with Gasteiger partial charge in [0.05, 0.1) is 17.6 Å². The SMILES string of the molecule is O=C(Nc1ccc(F)cc1F)c1cnn(-c2cccc(F)c2)c1-n1cccc1. The maximum atomic E-state index is 13.9. The van der Waals surface area contributed by atoms with E-state index in [1.54, 1.807) is 35.2 Å². The summed E-state index contributed by atoms with van der Waals surface area (Å²) in [5.41, 5.74) is 0.378. The van der Waals surface area contributed by atoms with Crippen molar-refractivity contribution in [3.05, 3.63) is 96.2 Å². The number of benzene rings is 2. The van der Waals surface area contributed by atoms with E-state index in [1.165, 1.54) is 29.1 Å². The van der Waals surface area contributed by atoms with Gasteiger partial charge in [0.25, 0.3) is 5.91 Å². The Bertz CT molecular complexity index is 1150. The molecule has 140 valence electrons. The summed E-state index contributed by atoms with van der Waals surface area (Å²) in [5, 5.41) is 6.61. The summed E-state index contributed by atoms with van der Waals surface area (Å²) >= 11 is 0. The lowest BCUT2D eigenvalue weighted by Crippen LogP contribution is -2.16. The molecule has 2 heterocycles. The van der Waals surface area contributed by atoms with Gasteiger partial charge in [-0.2, -0.15) is 5.10 Å². The van der Waals surface area contributed by atoms with Crippen LogP contribution in [0.5, 0.6) is 0 Å². The summed E-state index contributed by atoms with van der Waals surface area (Å²) in [7, 11) is 0. The zero-order chi connectivity index (χ0) is 19.7. The van der Waals surface area contributed by atoms with E-state index >= 15 is 0 Å². The highest BCUT2D eigenvalue weighted by molar-refractivity contribution is 6.06. The van der Waals surface area contributed by atoms with Gasteiger partial charge in [0.1, 0.15) is 23.0 Å². The van der Waals surface area contributed by atoms with Gasteiger partial charge in [-0.15, -0.1) is 0 Å². The van der Waals surface area contributed by atoms with Crippen LogP contribution in [0.1, 0.15) is 10.4 Å². The lowest BCUT2D eigenvalue weighted by atomic mass is 10.2. The van der Waals surface area contributed by atoms with Crippen LogP contribution < -0.4 is 5.32 Å². The van der Waals surface area contributed by atoms with E-state index in [4.69, 9.17) is 0 Å². The van der Waals surface area contributed by atoms with E-state index in [1.807, 2.05) is 0 Å². The number of amides is 1. The van der Waals surface area contributed by atoms with Crippen LogP contribution >= 0.6 is 0 Å². The molecule has 0 saturated heterocycles. The van der Waals surface area contributed by atoms with Crippen molar-refractivity contribution in [3.63, 3.8) is 0 Å². The Morgan fingerprint density at radius 3 is 2.39 bits per heavy atom. The van der Waals surface area contributed by atoms with E-state index in [0.29, 0.717) is 17.6 Å². The summed E-state index contributed by atoms with van der Waals surface area (Å²) in [6.45, 7) is 0. The van der Waals surface area contributed by atoms with Gasteiger partial charge in [0.15, 0.2) is 5.82 Å². The number of rotatable bonds is 4. The third kappa shape index (κ3) is 3.27. The molecule has 0 atom stereocenters. The maximum Gasteiger partial charge on any atom is 0.261 e. The molecule has 0 radical (unpaired) electrons. The molecule has 1 N–H and O–H groups in total. The average molecular weight is 382 g/mol. The average Bonchev–Trinajstić information content (AvgIpc) is 3.32. The molecule has 1 amide bonds. The van der Waals surface area contributed by atoms with E-state index in [9.17, 15) is 18.0 Å². The fourth-order valence-corrected chi connectivity index (χ4v) is 2.80. The summed E-state index contributed by atoms with van der Waals surface area (Å²) in [6, 6.07) is 12.1. The second kappa shape index (κ2) is 7.07. The number of anilines is 1. The van der Waals surface area contributed by atoms with Gasteiger partial charge in [-0.25, -0.2) is 17.9 Å². The van der Waals surface area contributed by atoms with E-state index in [-0.39, 0.29) is 11.3 Å². The van der Waals surface area contributed by atoms with Crippen LogP contribution in [0.2, 0.25) is 0 Å². The molecule has 28 heavy (non-hydrogen) atoms. The molecular weight excluding hydrogens is 369 g/mol. The Balaban J connectivity index is 1.78. The molecule has 0 unspecified atom stereocenters. The third-order valence-corrected chi connectivity index (χ3v) is 4.07. The fourth-order valence-electron chi connectivity index (χ4n) is 2.80. The van der Waals surface area contributed by atoms with Gasteiger partial charge in [-0.3, -0.25) is 4.79 Å². The van der Waals surface area contributed by atoms with Gasteiger partial charge in [0, 0.05) is 18.5 Å². The van der Waals surface area contributed by atoms with Gasteiger partial charge >= 0.3 is 0 Å². The number of halogens is 3. The van der Waals surface area contributed by atoms with Crippen molar-refractivity contribution in [2.75, 3.05) is 5.32 Å². The molecule has 4 rings (SSSR count). The van der Waals surface area contributed by atoms with Crippen molar-refractivity contribution < 1.29 is 18.0 Å². The molecule has 4 aromatic rings. The Labute approximate surface area is 157 Å². The number of nitrogens with one attached hydrogen (secondary N) is 1. The van der Waals surface area contributed by atoms with Gasteiger partial charge in [0.2, 0.25) is 0 Å². The summed E-state index contributed by atoms with van der Waals surface area (Å²) < 4.78 is 43.7. The maximum absolute atomic E-state index is 13.9. The van der Waals surface area contributed by atoms with Crippen molar-refractivity contribution in [3.8, 4) is 11.5 Å². The molecule has 0 saturated carbocycles. The van der Waals surface area contributed by atoms with E-state index in [2.05, 4.69) is 10.4 Å². The molecule has 0 bridgehead atoms. The first-order valence-corrected chi connectivity index (χ1v) is 8.26. The quantitative estimate of drug-likeness (QED) is 0.571. The highest BCUT2D eigenvalue weighted by Gasteiger charge is 2.21. The monoisotopic (exact) mass is 382 g/mol. The lowest BCUT2D eigenvalue weighted by molar-refractivity contribution is 0.102. The largest absolute Gasteiger partial charge is 0.319 e. The van der Waals surface area contributed by atoms with Crippen molar-refractivity contribution in [1.29, 1.82) is 0 Å². The van der Waals surface area contributed by atoms with Crippen molar-refractivity contribution >= 4 is 11.6 Å². The first-order chi connectivity index (χ1) is 13.5. The first-order valence-electron chi connectivity index (χ1n) is 8.26. The minimum Gasteiger partial charge on any atom is -0.319 e. The Morgan fingerprint density at radius 1 is 0.929 bits per heavy atom. The highest BCUT2D eigenvalue weighted by Crippen LogP contribution is 2.22. The molecule has 0 aliphatic rings. The van der Waals surface area contributed by atoms with Crippen LogP contribution in [0.15, 0.2) is 73.2 Å². The summed E-state index contributed by atoms with van der Waals surface area (Å²) in [4.78, 5) is 12.8. The van der Waals surface area contributed by atoms with Gasteiger partial charge < -0.3 is 9.88 Å². The van der Waals surface area contributed by atoms with Crippen LogP contribution in [0.4, 0.5) is 18.9 Å². The van der Waals surface area contributed by atoms with Crippen LogP contribution in [0, 0.1) is 17.5 Å². The van der Waals surface area contributed by atoms with Crippen LogP contribution in [0.25, 0.3) is 11.5 Å². The van der Waals surface area contributed by atoms with Gasteiger partial charge in [-0.1, -0.05) is 6.07 Å². The molecule has 8 heteroatoms. The van der Waals surface area contributed by atoms with E-state index in [0.717, 1.165) is 12.1 Å². The smallest absolute Gasteiger partial charge is 0.261 e. The number of carbonyl (C=O) groups is 1. The fraction of sp³-hybridized carbons (Fsp3) is 0. The zero-order valence-corrected chi connectivity index (χ0v) is 14.3. The number of hydrogen-bond donors (Lipinski definition) is 1. The van der Waals surface area contributed by atoms with Crippen molar-refractivity contribution in [2.45, 2.75) is 0 Å². The third-order valence-electron chi connectivity index (χ3n) is 4.07. The summed E-state index contributed by atoms with van der Waals surface area (Å²) in [5.74, 6) is -2.39. The molecule has 5 nitrogen and oxygen atoms in total. The van der Waals surface area contributed by atoms with Crippen molar-refractivity contribution in [1.82, 2.24) is 14.3 Å². The van der Waals surface area contributed by atoms with Crippen molar-refractivity contribution in [2.24, 2.45) is 0 Å². The van der Waals surface area contributed by atoms with Gasteiger partial charge in [-0.05, 0) is 42.5 Å². The zero-order valence-electron chi connectivity index (χ0n) is 14.3. The Hall–Kier alpha value is -3.81. The van der Waals surface area contributed by atoms with Crippen LogP contribution in [-0.2, 0) is 0 Å². The van der Waals surface area contributed by atoms with E-state index < -0.39 is 23.4 Å². The predicted molar refractivity (Wildman–Crippen MR) is 97.2 cm³/mol. The normalized spacial score (nSPS) is 10.8. The topological polar surface area (TPSA) is 51.9 Å². The molecule has 2 aromatic carbocycles. The molecular formula is C20H13F3N4O. The summed E-state index contributed by atoms with van der Waals surface area (Å²) in [6.07, 6.45) is 4.70. The first kappa shape index (κ1) is 17.6. The Morgan fingerprint density at radius 2 is 1.68 bits per heavy atom.